The van der Waals surface area contributed by atoms with Crippen LogP contribution in [0.4, 0.5) is 0 Å². The molecule has 0 bridgehead atoms. The van der Waals surface area contributed by atoms with E-state index in [1.165, 1.54) is 6.08 Å². The molecule has 0 amide bonds. The first-order valence-electron chi connectivity index (χ1n) is 7.24. The summed E-state index contributed by atoms with van der Waals surface area (Å²) in [6.07, 6.45) is 3.18. The van der Waals surface area contributed by atoms with Gasteiger partial charge in [-0.3, -0.25) is 0 Å². The Bertz CT molecular complexity index is 954. The summed E-state index contributed by atoms with van der Waals surface area (Å²) in [4.78, 5) is 4.39. The molecule has 0 atom stereocenters. The fraction of sp³-hybridized carbons (Fsp3) is 0.111. The molecule has 0 spiro atoms. The van der Waals surface area contributed by atoms with Gasteiger partial charge in [0.1, 0.15) is 11.7 Å². The number of hydrogen-bond donors (Lipinski definition) is 2. The predicted octanol–water partition coefficient (Wildman–Crippen LogP) is 2.96. The van der Waals surface area contributed by atoms with Crippen LogP contribution in [0.3, 0.4) is 0 Å². The van der Waals surface area contributed by atoms with E-state index in [0.717, 1.165) is 16.6 Å². The monoisotopic (exact) mass is 339 g/mol. The smallest absolute Gasteiger partial charge is 0.188 e. The standard InChI is InChI=1S/C18H14ClN3O2/c19-15-4-1-3-12(7-15)10-22-11-14(8-13(9-20)18(23)24)16-5-2-6-21-17(16)22/h1-8,11,18,23-24H,10H2/b13-8+. The molecule has 3 aromatic rings. The van der Waals surface area contributed by atoms with Crippen molar-refractivity contribution in [3.63, 3.8) is 0 Å². The maximum absolute atomic E-state index is 9.25. The first kappa shape index (κ1) is 16.2. The van der Waals surface area contributed by atoms with Crippen molar-refractivity contribution in [2.45, 2.75) is 12.8 Å². The normalized spacial score (nSPS) is 11.9. The van der Waals surface area contributed by atoms with E-state index in [4.69, 9.17) is 16.9 Å². The molecule has 6 heteroatoms. The van der Waals surface area contributed by atoms with Gasteiger partial charge in [0, 0.05) is 34.9 Å². The Morgan fingerprint density at radius 1 is 1.33 bits per heavy atom. The van der Waals surface area contributed by atoms with Crippen LogP contribution >= 0.6 is 11.6 Å². The minimum absolute atomic E-state index is 0.124. The van der Waals surface area contributed by atoms with Crippen molar-refractivity contribution in [2.75, 3.05) is 0 Å². The summed E-state index contributed by atoms with van der Waals surface area (Å²) in [6, 6.07) is 13.0. The molecule has 2 N–H and O–H groups in total. The second-order valence-corrected chi connectivity index (χ2v) is 5.74. The SMILES string of the molecule is N#C/C(=C\c1cn(Cc2cccc(Cl)c2)c2ncccc12)C(O)O. The second kappa shape index (κ2) is 6.85. The third kappa shape index (κ3) is 3.31. The van der Waals surface area contributed by atoms with E-state index < -0.39 is 6.29 Å². The second-order valence-electron chi connectivity index (χ2n) is 5.30. The highest BCUT2D eigenvalue weighted by Gasteiger charge is 2.12. The van der Waals surface area contributed by atoms with Crippen molar-refractivity contribution in [1.82, 2.24) is 9.55 Å². The van der Waals surface area contributed by atoms with E-state index >= 15 is 0 Å². The first-order valence-corrected chi connectivity index (χ1v) is 7.62. The van der Waals surface area contributed by atoms with Crippen LogP contribution in [0.25, 0.3) is 17.1 Å². The van der Waals surface area contributed by atoms with Gasteiger partial charge in [0.25, 0.3) is 0 Å². The molecule has 120 valence electrons. The number of nitriles is 1. The highest BCUT2D eigenvalue weighted by Crippen LogP contribution is 2.24. The summed E-state index contributed by atoms with van der Waals surface area (Å²) in [6.45, 7) is 0.561. The van der Waals surface area contributed by atoms with E-state index in [1.54, 1.807) is 18.3 Å². The summed E-state index contributed by atoms with van der Waals surface area (Å²) >= 11 is 6.03. The van der Waals surface area contributed by atoms with Crippen molar-refractivity contribution < 1.29 is 10.2 Å². The Balaban J connectivity index is 2.09. The van der Waals surface area contributed by atoms with Gasteiger partial charge in [0.2, 0.25) is 0 Å². The minimum atomic E-state index is -1.81. The number of benzene rings is 1. The lowest BCUT2D eigenvalue weighted by Gasteiger charge is -2.05. The number of hydrogen-bond acceptors (Lipinski definition) is 4. The molecule has 0 radical (unpaired) electrons. The van der Waals surface area contributed by atoms with Crippen molar-refractivity contribution in [3.05, 3.63) is 70.5 Å². The van der Waals surface area contributed by atoms with Gasteiger partial charge in [-0.1, -0.05) is 23.7 Å². The van der Waals surface area contributed by atoms with Crippen LogP contribution in [0.5, 0.6) is 0 Å². The molecule has 0 aliphatic carbocycles. The summed E-state index contributed by atoms with van der Waals surface area (Å²) in [7, 11) is 0. The van der Waals surface area contributed by atoms with Gasteiger partial charge < -0.3 is 14.8 Å². The summed E-state index contributed by atoms with van der Waals surface area (Å²) in [5, 5.41) is 29.0. The lowest BCUT2D eigenvalue weighted by atomic mass is 10.1. The largest absolute Gasteiger partial charge is 0.364 e. The number of aromatic nitrogens is 2. The number of aliphatic hydroxyl groups is 2. The Hall–Kier alpha value is -2.65. The van der Waals surface area contributed by atoms with E-state index in [2.05, 4.69) is 4.98 Å². The zero-order valence-corrected chi connectivity index (χ0v) is 13.4. The van der Waals surface area contributed by atoms with Crippen LogP contribution in [0.2, 0.25) is 5.02 Å². The van der Waals surface area contributed by atoms with Gasteiger partial charge in [-0.2, -0.15) is 5.26 Å². The lowest BCUT2D eigenvalue weighted by Crippen LogP contribution is -2.06. The topological polar surface area (TPSA) is 82.1 Å². The predicted molar refractivity (Wildman–Crippen MR) is 92.1 cm³/mol. The number of nitrogens with zero attached hydrogens (tertiary/aromatic N) is 3. The maximum Gasteiger partial charge on any atom is 0.188 e. The van der Waals surface area contributed by atoms with Crippen LogP contribution in [-0.4, -0.2) is 26.1 Å². The Morgan fingerprint density at radius 3 is 2.88 bits per heavy atom. The Kier molecular flexibility index (Phi) is 4.63. The van der Waals surface area contributed by atoms with Gasteiger partial charge >= 0.3 is 0 Å². The molecule has 0 aliphatic heterocycles. The minimum Gasteiger partial charge on any atom is -0.364 e. The molecule has 0 unspecified atom stereocenters. The molecule has 0 aliphatic rings. The van der Waals surface area contributed by atoms with Crippen molar-refractivity contribution >= 4 is 28.7 Å². The highest BCUT2D eigenvalue weighted by atomic mass is 35.5. The van der Waals surface area contributed by atoms with Crippen LogP contribution in [0, 0.1) is 11.3 Å². The molecule has 0 saturated carbocycles. The van der Waals surface area contributed by atoms with Gasteiger partial charge in [-0.25, -0.2) is 4.98 Å². The van der Waals surface area contributed by atoms with Crippen LogP contribution in [0.15, 0.2) is 54.4 Å². The average molecular weight is 340 g/mol. The summed E-state index contributed by atoms with van der Waals surface area (Å²) in [5.41, 5.74) is 2.34. The van der Waals surface area contributed by atoms with Crippen molar-refractivity contribution in [3.8, 4) is 6.07 Å². The van der Waals surface area contributed by atoms with Gasteiger partial charge in [-0.05, 0) is 35.9 Å². The van der Waals surface area contributed by atoms with Gasteiger partial charge in [0.15, 0.2) is 6.29 Å². The van der Waals surface area contributed by atoms with Crippen LogP contribution in [-0.2, 0) is 6.54 Å². The Labute approximate surface area is 143 Å². The molecule has 2 heterocycles. The zero-order chi connectivity index (χ0) is 17.1. The maximum atomic E-state index is 9.25. The van der Waals surface area contributed by atoms with Crippen molar-refractivity contribution in [2.24, 2.45) is 0 Å². The lowest BCUT2D eigenvalue weighted by molar-refractivity contribution is -0.00331. The highest BCUT2D eigenvalue weighted by molar-refractivity contribution is 6.30. The quantitative estimate of drug-likeness (QED) is 0.565. The molecule has 1 aromatic carbocycles. The third-order valence-corrected chi connectivity index (χ3v) is 3.86. The average Bonchev–Trinajstić information content (AvgIpc) is 2.90. The molecule has 2 aromatic heterocycles. The molecule has 3 rings (SSSR count). The molecular formula is C18H14ClN3O2. The third-order valence-electron chi connectivity index (χ3n) is 3.62. The van der Waals surface area contributed by atoms with Gasteiger partial charge in [0.05, 0.1) is 5.57 Å². The summed E-state index contributed by atoms with van der Waals surface area (Å²) in [5.74, 6) is 0. The molecule has 0 fully saturated rings. The van der Waals surface area contributed by atoms with Crippen LogP contribution < -0.4 is 0 Å². The van der Waals surface area contributed by atoms with Gasteiger partial charge in [-0.15, -0.1) is 0 Å². The number of halogens is 1. The number of aliphatic hydroxyl groups excluding tert-OH is 1. The fourth-order valence-electron chi connectivity index (χ4n) is 2.55. The number of fused-ring (bicyclic) bond motifs is 1. The molecule has 5 nitrogen and oxygen atoms in total. The van der Waals surface area contributed by atoms with Crippen LogP contribution in [0.1, 0.15) is 11.1 Å². The molecular weight excluding hydrogens is 326 g/mol. The van der Waals surface area contributed by atoms with Crippen molar-refractivity contribution in [1.29, 1.82) is 5.26 Å². The van der Waals surface area contributed by atoms with E-state index in [0.29, 0.717) is 17.1 Å². The number of rotatable bonds is 4. The van der Waals surface area contributed by atoms with E-state index in [9.17, 15) is 10.2 Å². The molecule has 0 saturated heterocycles. The van der Waals surface area contributed by atoms with E-state index in [1.807, 2.05) is 41.1 Å². The first-order chi connectivity index (χ1) is 11.6. The fourth-order valence-corrected chi connectivity index (χ4v) is 2.76. The Morgan fingerprint density at radius 2 is 2.17 bits per heavy atom. The zero-order valence-electron chi connectivity index (χ0n) is 12.6. The van der Waals surface area contributed by atoms with E-state index in [-0.39, 0.29) is 5.57 Å². The summed E-state index contributed by atoms with van der Waals surface area (Å²) < 4.78 is 1.94. The molecule has 24 heavy (non-hydrogen) atoms. The number of pyridine rings is 1.